The number of thiocarbonyl (C=S) groups is 2. The van der Waals surface area contributed by atoms with Crippen LogP contribution in [0.4, 0.5) is 0 Å². The van der Waals surface area contributed by atoms with E-state index < -0.39 is 23.6 Å². The van der Waals surface area contributed by atoms with E-state index in [9.17, 15) is 14.4 Å². The standard InChI is InChI=1S/C24H28N4O3S2/c1-5-26(23(32)19-13-9-7-10-14-19)25-21(30)17(3)22(31)28(18(4)29)27(6-2)24(33)20-15-11-8-12-16-20/h7-17H,5-6H2,1-4H3,(H,25,30). The number of hydrogen-bond donors (Lipinski definition) is 1. The first-order chi connectivity index (χ1) is 15.7. The molecule has 0 fully saturated rings. The molecule has 1 atom stereocenters. The maximum absolute atomic E-state index is 13.3. The Labute approximate surface area is 205 Å². The monoisotopic (exact) mass is 484 g/mol. The smallest absolute Gasteiger partial charge is 0.260 e. The van der Waals surface area contributed by atoms with E-state index in [1.165, 1.54) is 23.9 Å². The van der Waals surface area contributed by atoms with Gasteiger partial charge in [-0.25, -0.2) is 0 Å². The molecule has 7 nitrogen and oxygen atoms in total. The van der Waals surface area contributed by atoms with Crippen LogP contribution < -0.4 is 5.43 Å². The van der Waals surface area contributed by atoms with Gasteiger partial charge in [0.05, 0.1) is 0 Å². The third kappa shape index (κ3) is 6.43. The largest absolute Gasteiger partial charge is 0.274 e. The molecular weight excluding hydrogens is 456 g/mol. The van der Waals surface area contributed by atoms with Gasteiger partial charge in [0, 0.05) is 31.1 Å². The fourth-order valence-electron chi connectivity index (χ4n) is 3.09. The lowest BCUT2D eigenvalue weighted by Crippen LogP contribution is -2.56. The first-order valence-electron chi connectivity index (χ1n) is 10.6. The quantitative estimate of drug-likeness (QED) is 0.383. The fraction of sp³-hybridized carbons (Fsp3) is 0.292. The van der Waals surface area contributed by atoms with Crippen LogP contribution in [0.5, 0.6) is 0 Å². The van der Waals surface area contributed by atoms with Gasteiger partial charge in [-0.2, -0.15) is 5.01 Å². The van der Waals surface area contributed by atoms with Gasteiger partial charge in [0.1, 0.15) is 15.9 Å². The molecule has 0 heterocycles. The van der Waals surface area contributed by atoms with E-state index in [1.54, 1.807) is 19.1 Å². The second-order valence-electron chi connectivity index (χ2n) is 7.17. The van der Waals surface area contributed by atoms with Crippen molar-refractivity contribution < 1.29 is 14.4 Å². The zero-order valence-corrected chi connectivity index (χ0v) is 20.8. The highest BCUT2D eigenvalue weighted by molar-refractivity contribution is 7.80. The van der Waals surface area contributed by atoms with Crippen LogP contribution >= 0.6 is 24.4 Å². The van der Waals surface area contributed by atoms with Crippen LogP contribution in [0.25, 0.3) is 0 Å². The SMILES string of the molecule is CCN(NC(=O)C(C)C(=O)N(C(C)=O)N(CC)C(=S)c1ccccc1)C(=S)c1ccccc1. The van der Waals surface area contributed by atoms with E-state index in [0.29, 0.717) is 22.1 Å². The Morgan fingerprint density at radius 1 is 0.848 bits per heavy atom. The molecule has 0 aromatic heterocycles. The lowest BCUT2D eigenvalue weighted by Gasteiger charge is -2.35. The van der Waals surface area contributed by atoms with Gasteiger partial charge < -0.3 is 0 Å². The molecule has 2 aromatic carbocycles. The van der Waals surface area contributed by atoms with Crippen LogP contribution in [0.2, 0.25) is 0 Å². The molecule has 2 aromatic rings. The lowest BCUT2D eigenvalue weighted by atomic mass is 10.1. The van der Waals surface area contributed by atoms with E-state index in [1.807, 2.05) is 55.5 Å². The van der Waals surface area contributed by atoms with Crippen molar-refractivity contribution in [2.75, 3.05) is 13.1 Å². The van der Waals surface area contributed by atoms with Gasteiger partial charge in [-0.3, -0.25) is 29.8 Å². The van der Waals surface area contributed by atoms with Gasteiger partial charge in [0.15, 0.2) is 0 Å². The number of nitrogens with zero attached hydrogens (tertiary/aromatic N) is 3. The number of benzene rings is 2. The highest BCUT2D eigenvalue weighted by atomic mass is 32.1. The van der Waals surface area contributed by atoms with Crippen molar-refractivity contribution in [2.45, 2.75) is 27.7 Å². The maximum atomic E-state index is 13.3. The van der Waals surface area contributed by atoms with Gasteiger partial charge in [-0.15, -0.1) is 0 Å². The minimum atomic E-state index is -1.16. The molecule has 1 N–H and O–H groups in total. The number of nitrogens with one attached hydrogen (secondary N) is 1. The summed E-state index contributed by atoms with van der Waals surface area (Å²) in [5.74, 6) is -2.95. The Balaban J connectivity index is 2.21. The molecule has 0 aliphatic carbocycles. The number of carbonyl (C=O) groups excluding carboxylic acids is 3. The van der Waals surface area contributed by atoms with E-state index in [4.69, 9.17) is 24.4 Å². The van der Waals surface area contributed by atoms with Crippen molar-refractivity contribution in [3.8, 4) is 0 Å². The molecule has 3 amide bonds. The summed E-state index contributed by atoms with van der Waals surface area (Å²) in [7, 11) is 0. The zero-order valence-electron chi connectivity index (χ0n) is 19.1. The summed E-state index contributed by atoms with van der Waals surface area (Å²) in [6, 6.07) is 18.3. The van der Waals surface area contributed by atoms with Crippen LogP contribution in [-0.2, 0) is 14.4 Å². The van der Waals surface area contributed by atoms with Gasteiger partial charge >= 0.3 is 0 Å². The molecule has 0 spiro atoms. The number of carbonyl (C=O) groups is 3. The molecule has 1 unspecified atom stereocenters. The second-order valence-corrected chi connectivity index (χ2v) is 7.94. The van der Waals surface area contributed by atoms with Crippen molar-refractivity contribution >= 4 is 52.1 Å². The number of amides is 3. The molecule has 174 valence electrons. The summed E-state index contributed by atoms with van der Waals surface area (Å²) in [5.41, 5.74) is 4.16. The fourth-order valence-corrected chi connectivity index (χ4v) is 3.74. The zero-order chi connectivity index (χ0) is 24.5. The summed E-state index contributed by atoms with van der Waals surface area (Å²) >= 11 is 11.0. The van der Waals surface area contributed by atoms with Crippen LogP contribution in [-0.4, -0.2) is 55.8 Å². The second kappa shape index (κ2) is 12.2. The maximum Gasteiger partial charge on any atom is 0.260 e. The number of imide groups is 1. The molecule has 9 heteroatoms. The Morgan fingerprint density at radius 3 is 1.76 bits per heavy atom. The summed E-state index contributed by atoms with van der Waals surface area (Å²) in [6.45, 7) is 7.00. The summed E-state index contributed by atoms with van der Waals surface area (Å²) < 4.78 is 0. The summed E-state index contributed by atoms with van der Waals surface area (Å²) in [4.78, 5) is 39.4. The Kier molecular flexibility index (Phi) is 9.62. The highest BCUT2D eigenvalue weighted by Gasteiger charge is 2.34. The molecule has 0 saturated carbocycles. The van der Waals surface area contributed by atoms with Crippen molar-refractivity contribution in [1.82, 2.24) is 20.5 Å². The summed E-state index contributed by atoms with van der Waals surface area (Å²) in [6.07, 6.45) is 0. The van der Waals surface area contributed by atoms with Crippen molar-refractivity contribution in [1.29, 1.82) is 0 Å². The molecule has 0 aliphatic rings. The van der Waals surface area contributed by atoms with Crippen molar-refractivity contribution in [3.05, 3.63) is 71.8 Å². The van der Waals surface area contributed by atoms with Crippen LogP contribution in [0.1, 0.15) is 38.8 Å². The molecular formula is C24H28N4O3S2. The summed E-state index contributed by atoms with van der Waals surface area (Å²) in [5, 5.41) is 3.85. The Hall–Kier alpha value is -3.17. The number of hydrogen-bond acceptors (Lipinski definition) is 5. The van der Waals surface area contributed by atoms with Gasteiger partial charge in [-0.1, -0.05) is 85.1 Å². The minimum absolute atomic E-state index is 0.270. The predicted molar refractivity (Wildman–Crippen MR) is 136 cm³/mol. The molecule has 0 saturated heterocycles. The van der Waals surface area contributed by atoms with E-state index in [0.717, 1.165) is 10.6 Å². The van der Waals surface area contributed by atoms with E-state index in [2.05, 4.69) is 5.43 Å². The normalized spacial score (nSPS) is 11.2. The number of hydrazine groups is 2. The number of rotatable bonds is 6. The first kappa shape index (κ1) is 26.1. The third-order valence-corrected chi connectivity index (χ3v) is 5.80. The third-order valence-electron chi connectivity index (χ3n) is 4.89. The van der Waals surface area contributed by atoms with Crippen LogP contribution in [0.15, 0.2) is 60.7 Å². The van der Waals surface area contributed by atoms with E-state index in [-0.39, 0.29) is 6.54 Å². The Morgan fingerprint density at radius 2 is 1.33 bits per heavy atom. The van der Waals surface area contributed by atoms with Crippen molar-refractivity contribution in [3.63, 3.8) is 0 Å². The van der Waals surface area contributed by atoms with Crippen molar-refractivity contribution in [2.24, 2.45) is 5.92 Å². The average Bonchev–Trinajstić information content (AvgIpc) is 2.84. The Bertz CT molecular complexity index is 1010. The van der Waals surface area contributed by atoms with E-state index >= 15 is 0 Å². The van der Waals surface area contributed by atoms with Crippen LogP contribution in [0, 0.1) is 5.92 Å². The molecule has 33 heavy (non-hydrogen) atoms. The van der Waals surface area contributed by atoms with Crippen LogP contribution in [0.3, 0.4) is 0 Å². The average molecular weight is 485 g/mol. The molecule has 0 bridgehead atoms. The van der Waals surface area contributed by atoms with Gasteiger partial charge in [-0.05, 0) is 20.8 Å². The highest BCUT2D eigenvalue weighted by Crippen LogP contribution is 2.14. The topological polar surface area (TPSA) is 73.0 Å². The van der Waals surface area contributed by atoms with Gasteiger partial charge in [0.25, 0.3) is 11.8 Å². The minimum Gasteiger partial charge on any atom is -0.274 e. The predicted octanol–water partition coefficient (Wildman–Crippen LogP) is 3.34. The molecule has 0 aliphatic heterocycles. The molecule has 0 radical (unpaired) electrons. The lowest BCUT2D eigenvalue weighted by molar-refractivity contribution is -0.160. The van der Waals surface area contributed by atoms with Gasteiger partial charge in [0.2, 0.25) is 5.91 Å². The molecule has 2 rings (SSSR count). The first-order valence-corrected chi connectivity index (χ1v) is 11.4.